The van der Waals surface area contributed by atoms with Crippen LogP contribution in [0.15, 0.2) is 12.7 Å². The molecule has 0 rings (SSSR count). The quantitative estimate of drug-likeness (QED) is 0.464. The van der Waals surface area contributed by atoms with Crippen molar-refractivity contribution in [3.8, 4) is 0 Å². The first-order chi connectivity index (χ1) is 4.20. The molecule has 0 aromatic carbocycles. The lowest BCUT2D eigenvalue weighted by molar-refractivity contribution is -0.127. The van der Waals surface area contributed by atoms with Gasteiger partial charge >= 0.3 is 1.43 Å². The molecule has 0 radical (unpaired) electrons. The molecule has 0 saturated carbocycles. The van der Waals surface area contributed by atoms with Crippen LogP contribution in [-0.4, -0.2) is 18.4 Å². The smallest absolute Gasteiger partial charge is 0.322 e. The van der Waals surface area contributed by atoms with Gasteiger partial charge in [0.15, 0.2) is 0 Å². The number of carbonyl (C=O) groups is 2. The Labute approximate surface area is 54.2 Å². The Kier molecular flexibility index (Phi) is 3.31. The van der Waals surface area contributed by atoms with Crippen LogP contribution >= 0.6 is 0 Å². The topological polar surface area (TPSA) is 72.2 Å². The van der Waals surface area contributed by atoms with Gasteiger partial charge in [-0.15, -0.1) is 0 Å². The molecule has 0 heterocycles. The fourth-order valence-corrected chi connectivity index (χ4v) is 0.239. The van der Waals surface area contributed by atoms with Crippen molar-refractivity contribution >= 4 is 11.8 Å². The Balaban J connectivity index is 0. The monoisotopic (exact) mass is 129 g/mol. The van der Waals surface area contributed by atoms with Gasteiger partial charge < -0.3 is 5.73 Å². The maximum Gasteiger partial charge on any atom is 1.00 e. The number of carbonyl (C=O) groups excluding carboxylic acids is 2. The van der Waals surface area contributed by atoms with E-state index in [1.807, 2.05) is 5.32 Å². The molecule has 4 nitrogen and oxygen atoms in total. The van der Waals surface area contributed by atoms with E-state index >= 15 is 0 Å². The summed E-state index contributed by atoms with van der Waals surface area (Å²) in [5.41, 5.74) is 4.88. The third kappa shape index (κ3) is 3.42. The number of imide groups is 1. The average molecular weight is 129 g/mol. The van der Waals surface area contributed by atoms with Gasteiger partial charge in [0, 0.05) is 0 Å². The van der Waals surface area contributed by atoms with Gasteiger partial charge in [-0.25, -0.2) is 0 Å². The highest BCUT2D eigenvalue weighted by Gasteiger charge is 1.98. The first-order valence-corrected chi connectivity index (χ1v) is 2.37. The summed E-state index contributed by atoms with van der Waals surface area (Å²) in [5, 5.41) is 1.96. The lowest BCUT2D eigenvalue weighted by Gasteiger charge is -1.93. The van der Waals surface area contributed by atoms with Crippen molar-refractivity contribution in [2.75, 3.05) is 6.54 Å². The average Bonchev–Trinajstić information content (AvgIpc) is 1.87. The Morgan fingerprint density at radius 2 is 2.33 bits per heavy atom. The zero-order valence-electron chi connectivity index (χ0n) is 5.89. The summed E-state index contributed by atoms with van der Waals surface area (Å²) in [7, 11) is 0. The summed E-state index contributed by atoms with van der Waals surface area (Å²) in [6, 6.07) is 0. The first kappa shape index (κ1) is 7.84. The Hall–Kier alpha value is -1.16. The van der Waals surface area contributed by atoms with Crippen LogP contribution in [0.3, 0.4) is 0 Å². The van der Waals surface area contributed by atoms with E-state index in [-0.39, 0.29) is 7.97 Å². The van der Waals surface area contributed by atoms with E-state index in [0.29, 0.717) is 0 Å². The number of hydrogen-bond donors (Lipinski definition) is 2. The van der Waals surface area contributed by atoms with E-state index in [1.165, 1.54) is 0 Å². The van der Waals surface area contributed by atoms with Crippen LogP contribution in [0.2, 0.25) is 0 Å². The molecule has 2 amide bonds. The fraction of sp³-hybridized carbons (Fsp3) is 0.200. The number of amides is 2. The van der Waals surface area contributed by atoms with Gasteiger partial charge in [0.2, 0.25) is 11.8 Å². The Bertz CT molecular complexity index is 147. The molecule has 0 unspecified atom stereocenters. The van der Waals surface area contributed by atoms with Crippen LogP contribution in [0.4, 0.5) is 0 Å². The number of rotatable bonds is 2. The number of hydrogen-bond acceptors (Lipinski definition) is 3. The van der Waals surface area contributed by atoms with Crippen LogP contribution in [0.5, 0.6) is 0 Å². The van der Waals surface area contributed by atoms with Crippen LogP contribution in [-0.2, 0) is 9.59 Å². The van der Waals surface area contributed by atoms with E-state index in [4.69, 9.17) is 5.73 Å². The molecule has 0 bridgehead atoms. The maximum absolute atomic E-state index is 10.3. The normalized spacial score (nSPS) is 8.11. The van der Waals surface area contributed by atoms with Crippen molar-refractivity contribution in [3.63, 3.8) is 0 Å². The standard InChI is InChI=1S/C5H8N2O2/c1-2-4(8)7-5(9)3-6/h2H,1,3,6H2,(H,7,8,9)/p+1. The van der Waals surface area contributed by atoms with Crippen molar-refractivity contribution in [3.05, 3.63) is 12.7 Å². The lowest BCUT2D eigenvalue weighted by atomic mass is 10.5. The van der Waals surface area contributed by atoms with Crippen molar-refractivity contribution in [1.29, 1.82) is 0 Å². The van der Waals surface area contributed by atoms with Gasteiger partial charge in [0.1, 0.15) is 0 Å². The number of nitrogens with one attached hydrogen (secondary N) is 1. The first-order valence-electron chi connectivity index (χ1n) is 2.37. The van der Waals surface area contributed by atoms with Gasteiger partial charge in [-0.2, -0.15) is 0 Å². The summed E-state index contributed by atoms with van der Waals surface area (Å²) in [5.74, 6) is -1.02. The Morgan fingerprint density at radius 3 is 2.67 bits per heavy atom. The van der Waals surface area contributed by atoms with E-state index in [0.717, 1.165) is 6.08 Å². The molecule has 0 spiro atoms. The van der Waals surface area contributed by atoms with Gasteiger partial charge in [0.25, 0.3) is 0 Å². The van der Waals surface area contributed by atoms with Gasteiger partial charge in [-0.3, -0.25) is 14.9 Å². The molecule has 3 N–H and O–H groups in total. The predicted molar refractivity (Wildman–Crippen MR) is 33.5 cm³/mol. The molecule has 50 valence electrons. The van der Waals surface area contributed by atoms with Crippen molar-refractivity contribution < 1.29 is 11.0 Å². The highest BCUT2D eigenvalue weighted by Crippen LogP contribution is 1.64. The molecule has 0 aliphatic heterocycles. The third-order valence-electron chi connectivity index (χ3n) is 0.633. The van der Waals surface area contributed by atoms with E-state index in [9.17, 15) is 9.59 Å². The van der Waals surface area contributed by atoms with Crippen molar-refractivity contribution in [1.82, 2.24) is 5.32 Å². The summed E-state index contributed by atoms with van der Waals surface area (Å²) < 4.78 is 0. The van der Waals surface area contributed by atoms with Gasteiger partial charge in [-0.05, 0) is 6.08 Å². The lowest BCUT2D eigenvalue weighted by Crippen LogP contribution is -2.34. The molecule has 0 aromatic rings. The van der Waals surface area contributed by atoms with Gasteiger partial charge in [-0.1, -0.05) is 6.58 Å². The molecule has 4 heteroatoms. The summed E-state index contributed by atoms with van der Waals surface area (Å²) in [6.07, 6.45) is 1.01. The third-order valence-corrected chi connectivity index (χ3v) is 0.633. The molecule has 0 aliphatic rings. The Morgan fingerprint density at radius 1 is 1.78 bits per heavy atom. The molecule has 0 atom stereocenters. The van der Waals surface area contributed by atoms with Crippen LogP contribution in [0.25, 0.3) is 0 Å². The molecule has 0 saturated heterocycles. The SMILES string of the molecule is C=CC(=O)NC(=O)CN.[H+]. The predicted octanol–water partition coefficient (Wildman–Crippen LogP) is -1.11. The van der Waals surface area contributed by atoms with Crippen molar-refractivity contribution in [2.24, 2.45) is 5.73 Å². The van der Waals surface area contributed by atoms with Crippen molar-refractivity contribution in [2.45, 2.75) is 0 Å². The molecular weight excluding hydrogens is 120 g/mol. The van der Waals surface area contributed by atoms with E-state index in [1.54, 1.807) is 0 Å². The van der Waals surface area contributed by atoms with Crippen LogP contribution in [0.1, 0.15) is 1.43 Å². The second-order valence-electron chi connectivity index (χ2n) is 1.32. The van der Waals surface area contributed by atoms with Crippen LogP contribution in [0, 0.1) is 0 Å². The zero-order valence-corrected chi connectivity index (χ0v) is 4.89. The largest absolute Gasteiger partial charge is 1.00 e. The van der Waals surface area contributed by atoms with E-state index < -0.39 is 11.8 Å². The minimum absolute atomic E-state index is 0. The minimum atomic E-state index is -0.523. The highest BCUT2D eigenvalue weighted by atomic mass is 16.2. The van der Waals surface area contributed by atoms with E-state index in [2.05, 4.69) is 6.58 Å². The minimum Gasteiger partial charge on any atom is -0.322 e. The maximum atomic E-state index is 10.3. The summed E-state index contributed by atoms with van der Waals surface area (Å²) in [6.45, 7) is 2.96. The van der Waals surface area contributed by atoms with Gasteiger partial charge in [0.05, 0.1) is 6.54 Å². The fourth-order valence-electron chi connectivity index (χ4n) is 0.239. The zero-order chi connectivity index (χ0) is 7.28. The molecular formula is C5H9N2O2+. The second-order valence-corrected chi connectivity index (χ2v) is 1.32. The summed E-state index contributed by atoms with van der Waals surface area (Å²) >= 11 is 0. The second kappa shape index (κ2) is 3.80. The highest BCUT2D eigenvalue weighted by molar-refractivity contribution is 6.01. The summed E-state index contributed by atoms with van der Waals surface area (Å²) in [4.78, 5) is 20.6. The van der Waals surface area contributed by atoms with Crippen LogP contribution < -0.4 is 11.1 Å². The number of nitrogens with two attached hydrogens (primary N) is 1. The molecule has 0 aliphatic carbocycles. The molecule has 0 aromatic heterocycles. The molecule has 0 fully saturated rings. The molecule has 9 heavy (non-hydrogen) atoms.